The van der Waals surface area contributed by atoms with Gasteiger partial charge in [0.1, 0.15) is 0 Å². The summed E-state index contributed by atoms with van der Waals surface area (Å²) >= 11 is 0. The lowest BCUT2D eigenvalue weighted by Crippen LogP contribution is -2.08. The van der Waals surface area contributed by atoms with Crippen molar-refractivity contribution in [3.05, 3.63) is 52.3 Å². The third kappa shape index (κ3) is 2.74. The highest BCUT2D eigenvalue weighted by atomic mass is 16.5. The minimum absolute atomic E-state index is 0.264. The first-order valence-corrected chi connectivity index (χ1v) is 7.77. The number of nitrogens with zero attached hydrogens (tertiary/aromatic N) is 1. The fourth-order valence-electron chi connectivity index (χ4n) is 3.14. The Balaban J connectivity index is 2.11. The van der Waals surface area contributed by atoms with Crippen LogP contribution in [0.3, 0.4) is 0 Å². The number of hydrogen-bond acceptors (Lipinski definition) is 3. The lowest BCUT2D eigenvalue weighted by molar-refractivity contribution is 0.0526. The predicted octanol–water partition coefficient (Wildman–Crippen LogP) is 3.15. The van der Waals surface area contributed by atoms with E-state index >= 15 is 0 Å². The van der Waals surface area contributed by atoms with Gasteiger partial charge in [-0.15, -0.1) is 0 Å². The molecule has 0 atom stereocenters. The maximum Gasteiger partial charge on any atom is 0.339 e. The number of esters is 1. The molecule has 23 heavy (non-hydrogen) atoms. The molecule has 0 spiro atoms. The normalized spacial score (nSPS) is 13.0. The molecule has 0 saturated heterocycles. The zero-order valence-corrected chi connectivity index (χ0v) is 13.3. The Morgan fingerprint density at radius 1 is 1.22 bits per heavy atom. The summed E-state index contributed by atoms with van der Waals surface area (Å²) in [6.07, 6.45) is 4.59. The van der Waals surface area contributed by atoms with Gasteiger partial charge in [-0.05, 0) is 62.4 Å². The molecular weight excluding hydrogens is 294 g/mol. The number of carboxylic acid groups (broad SMARTS) is 1. The van der Waals surface area contributed by atoms with Crippen molar-refractivity contribution in [3.8, 4) is 5.69 Å². The second-order valence-electron chi connectivity index (χ2n) is 5.76. The zero-order chi connectivity index (χ0) is 16.6. The van der Waals surface area contributed by atoms with Crippen LogP contribution >= 0.6 is 0 Å². The number of fused-ring (bicyclic) bond motifs is 1. The topological polar surface area (TPSA) is 68.5 Å². The Labute approximate surface area is 134 Å². The summed E-state index contributed by atoms with van der Waals surface area (Å²) in [5.41, 5.74) is 4.40. The number of benzene rings is 1. The van der Waals surface area contributed by atoms with Gasteiger partial charge in [-0.1, -0.05) is 0 Å². The van der Waals surface area contributed by atoms with Gasteiger partial charge >= 0.3 is 11.9 Å². The van der Waals surface area contributed by atoms with E-state index in [4.69, 9.17) is 4.74 Å². The lowest BCUT2D eigenvalue weighted by Gasteiger charge is -2.12. The van der Waals surface area contributed by atoms with Crippen molar-refractivity contribution in [2.24, 2.45) is 0 Å². The summed E-state index contributed by atoms with van der Waals surface area (Å²) in [6, 6.07) is 5.42. The fourth-order valence-corrected chi connectivity index (χ4v) is 3.14. The van der Waals surface area contributed by atoms with Gasteiger partial charge in [-0.2, -0.15) is 0 Å². The fraction of sp³-hybridized carbons (Fsp3) is 0.333. The molecule has 0 fully saturated rings. The van der Waals surface area contributed by atoms with E-state index in [1.54, 1.807) is 29.8 Å². The predicted molar refractivity (Wildman–Crippen MR) is 85.4 cm³/mol. The third-order valence-electron chi connectivity index (χ3n) is 4.22. The molecule has 0 amide bonds. The molecule has 5 heteroatoms. The highest BCUT2D eigenvalue weighted by Gasteiger charge is 2.21. The van der Waals surface area contributed by atoms with Crippen LogP contribution in [-0.2, 0) is 17.6 Å². The number of carbonyl (C=O) groups is 2. The molecule has 1 aromatic heterocycles. The Bertz CT molecular complexity index is 789. The molecule has 3 rings (SSSR count). The van der Waals surface area contributed by atoms with Crippen molar-refractivity contribution < 1.29 is 19.4 Å². The summed E-state index contributed by atoms with van der Waals surface area (Å²) in [7, 11) is 0. The molecule has 1 aromatic carbocycles. The van der Waals surface area contributed by atoms with Gasteiger partial charge in [0, 0.05) is 11.9 Å². The first-order chi connectivity index (χ1) is 11.0. The third-order valence-corrected chi connectivity index (χ3v) is 4.22. The van der Waals surface area contributed by atoms with Crippen LogP contribution in [0.25, 0.3) is 5.69 Å². The molecule has 0 radical (unpaired) electrons. The highest BCUT2D eigenvalue weighted by Crippen LogP contribution is 2.29. The van der Waals surface area contributed by atoms with E-state index in [0.29, 0.717) is 17.9 Å². The number of carboxylic acids is 1. The van der Waals surface area contributed by atoms with Crippen molar-refractivity contribution in [3.63, 3.8) is 0 Å². The molecule has 0 saturated carbocycles. The number of aromatic carboxylic acids is 1. The van der Waals surface area contributed by atoms with Gasteiger partial charge in [0.15, 0.2) is 0 Å². The van der Waals surface area contributed by atoms with E-state index in [1.807, 2.05) is 13.0 Å². The smallest absolute Gasteiger partial charge is 0.339 e. The van der Waals surface area contributed by atoms with Crippen molar-refractivity contribution >= 4 is 11.9 Å². The minimum Gasteiger partial charge on any atom is -0.478 e. The lowest BCUT2D eigenvalue weighted by atomic mass is 10.0. The van der Waals surface area contributed by atoms with Gasteiger partial charge in [-0.25, -0.2) is 9.59 Å². The van der Waals surface area contributed by atoms with Gasteiger partial charge in [0.2, 0.25) is 0 Å². The monoisotopic (exact) mass is 313 g/mol. The van der Waals surface area contributed by atoms with Crippen LogP contribution in [0.15, 0.2) is 24.4 Å². The first-order valence-electron chi connectivity index (χ1n) is 7.77. The maximum atomic E-state index is 11.9. The van der Waals surface area contributed by atoms with Gasteiger partial charge in [0.05, 0.1) is 23.4 Å². The number of carbonyl (C=O) groups excluding carboxylic acids is 1. The molecule has 0 bridgehead atoms. The Morgan fingerprint density at radius 2 is 1.91 bits per heavy atom. The van der Waals surface area contributed by atoms with E-state index in [9.17, 15) is 14.7 Å². The molecule has 0 aliphatic heterocycles. The van der Waals surface area contributed by atoms with E-state index < -0.39 is 11.9 Å². The second-order valence-corrected chi connectivity index (χ2v) is 5.76. The molecule has 1 aliphatic rings. The second kappa shape index (κ2) is 5.91. The van der Waals surface area contributed by atoms with E-state index in [0.717, 1.165) is 30.5 Å². The summed E-state index contributed by atoms with van der Waals surface area (Å²) in [5, 5.41) is 9.54. The molecular formula is C18H19NO4. The molecule has 2 aromatic rings. The standard InChI is InChI=1S/C18H19NO4/c1-3-23-18(22)14-7-11(2)19(10-14)16-9-13-6-4-5-12(13)8-15(16)17(20)21/h7-10H,3-6H2,1-2H3,(H,20,21). The van der Waals surface area contributed by atoms with Gasteiger partial charge in [0.25, 0.3) is 0 Å². The number of ether oxygens (including phenoxy) is 1. The van der Waals surface area contributed by atoms with Crippen molar-refractivity contribution in [1.82, 2.24) is 4.57 Å². The van der Waals surface area contributed by atoms with Gasteiger partial charge < -0.3 is 14.4 Å². The van der Waals surface area contributed by atoms with Crippen LogP contribution in [0.4, 0.5) is 0 Å². The number of rotatable bonds is 4. The first kappa shape index (κ1) is 15.3. The minimum atomic E-state index is -0.958. The van der Waals surface area contributed by atoms with Crippen LogP contribution < -0.4 is 0 Å². The Hall–Kier alpha value is -2.56. The summed E-state index contributed by atoms with van der Waals surface area (Å²) in [5.74, 6) is -1.35. The quantitative estimate of drug-likeness (QED) is 0.880. The SMILES string of the molecule is CCOC(=O)c1cc(C)n(-c2cc3c(cc2C(=O)O)CCC3)c1. The Morgan fingerprint density at radius 3 is 2.57 bits per heavy atom. The van der Waals surface area contributed by atoms with E-state index in [-0.39, 0.29) is 5.56 Å². The summed E-state index contributed by atoms with van der Waals surface area (Å²) in [4.78, 5) is 23.5. The molecule has 5 nitrogen and oxygen atoms in total. The average Bonchev–Trinajstić information content (AvgIpc) is 3.11. The van der Waals surface area contributed by atoms with Crippen LogP contribution in [-0.4, -0.2) is 28.2 Å². The molecule has 1 N–H and O–H groups in total. The maximum absolute atomic E-state index is 11.9. The Kier molecular flexibility index (Phi) is 3.94. The van der Waals surface area contributed by atoms with Crippen LogP contribution in [0.1, 0.15) is 50.9 Å². The van der Waals surface area contributed by atoms with Crippen LogP contribution in [0.2, 0.25) is 0 Å². The molecule has 1 aliphatic carbocycles. The largest absolute Gasteiger partial charge is 0.478 e. The summed E-state index contributed by atoms with van der Waals surface area (Å²) < 4.78 is 6.77. The number of hydrogen-bond donors (Lipinski definition) is 1. The van der Waals surface area contributed by atoms with Crippen LogP contribution in [0.5, 0.6) is 0 Å². The summed E-state index contributed by atoms with van der Waals surface area (Å²) in [6.45, 7) is 3.91. The van der Waals surface area contributed by atoms with E-state index in [2.05, 4.69) is 0 Å². The average molecular weight is 313 g/mol. The van der Waals surface area contributed by atoms with Crippen molar-refractivity contribution in [2.45, 2.75) is 33.1 Å². The zero-order valence-electron chi connectivity index (χ0n) is 13.3. The van der Waals surface area contributed by atoms with Crippen molar-refractivity contribution in [2.75, 3.05) is 6.61 Å². The number of aromatic nitrogens is 1. The molecule has 120 valence electrons. The van der Waals surface area contributed by atoms with Crippen molar-refractivity contribution in [1.29, 1.82) is 0 Å². The van der Waals surface area contributed by atoms with Gasteiger partial charge in [-0.3, -0.25) is 0 Å². The highest BCUT2D eigenvalue weighted by molar-refractivity contribution is 5.93. The van der Waals surface area contributed by atoms with Crippen LogP contribution in [0, 0.1) is 6.92 Å². The molecule has 0 unspecified atom stereocenters. The van der Waals surface area contributed by atoms with E-state index in [1.165, 1.54) is 5.56 Å². The molecule has 1 heterocycles. The number of aryl methyl sites for hydroxylation is 3.